The number of piperazine rings is 1. The summed E-state index contributed by atoms with van der Waals surface area (Å²) in [5.74, 6) is 0. The third-order valence-corrected chi connectivity index (χ3v) is 4.33. The zero-order chi connectivity index (χ0) is 13.6. The lowest BCUT2D eigenvalue weighted by atomic mass is 9.98. The Labute approximate surface area is 115 Å². The molecule has 3 rings (SSSR count). The van der Waals surface area contributed by atoms with E-state index in [9.17, 15) is 0 Å². The van der Waals surface area contributed by atoms with Crippen LogP contribution < -0.4 is 5.32 Å². The third kappa shape index (κ3) is 2.07. The van der Waals surface area contributed by atoms with Gasteiger partial charge < -0.3 is 9.88 Å². The zero-order valence-electron chi connectivity index (χ0n) is 12.3. The fourth-order valence-electron chi connectivity index (χ4n) is 3.35. The lowest BCUT2D eigenvalue weighted by Crippen LogP contribution is -2.43. The van der Waals surface area contributed by atoms with E-state index in [0.29, 0.717) is 6.04 Å². The van der Waals surface area contributed by atoms with Gasteiger partial charge in [-0.1, -0.05) is 6.07 Å². The number of aromatic nitrogens is 1. The van der Waals surface area contributed by atoms with Gasteiger partial charge in [0.05, 0.1) is 0 Å². The van der Waals surface area contributed by atoms with E-state index in [1.165, 1.54) is 27.6 Å². The summed E-state index contributed by atoms with van der Waals surface area (Å²) in [5, 5.41) is 4.96. The van der Waals surface area contributed by atoms with Crippen molar-refractivity contribution in [1.29, 1.82) is 0 Å². The summed E-state index contributed by atoms with van der Waals surface area (Å²) in [6.45, 7) is 7.66. The summed E-state index contributed by atoms with van der Waals surface area (Å²) in [5.41, 5.74) is 5.55. The Morgan fingerprint density at radius 1 is 1.21 bits per heavy atom. The van der Waals surface area contributed by atoms with Crippen molar-refractivity contribution in [3.05, 3.63) is 35.0 Å². The molecule has 0 amide bonds. The second-order valence-electron chi connectivity index (χ2n) is 5.87. The summed E-state index contributed by atoms with van der Waals surface area (Å²) in [4.78, 5) is 2.46. The number of rotatable bonds is 1. The van der Waals surface area contributed by atoms with Crippen molar-refractivity contribution in [2.24, 2.45) is 7.05 Å². The average Bonchev–Trinajstić information content (AvgIpc) is 2.67. The van der Waals surface area contributed by atoms with Crippen LogP contribution in [0.15, 0.2) is 18.3 Å². The molecule has 2 aromatic rings. The van der Waals surface area contributed by atoms with E-state index < -0.39 is 0 Å². The fraction of sp³-hybridized carbons (Fsp3) is 0.500. The molecule has 1 saturated heterocycles. The van der Waals surface area contributed by atoms with Crippen molar-refractivity contribution < 1.29 is 0 Å². The Balaban J connectivity index is 2.18. The lowest BCUT2D eigenvalue weighted by Gasteiger charge is -2.33. The van der Waals surface area contributed by atoms with Crippen LogP contribution in [0, 0.1) is 13.8 Å². The van der Waals surface area contributed by atoms with Gasteiger partial charge in [-0.05, 0) is 43.7 Å². The molecule has 3 heteroatoms. The molecule has 1 aromatic heterocycles. The maximum atomic E-state index is 3.52. The molecule has 102 valence electrons. The van der Waals surface area contributed by atoms with E-state index >= 15 is 0 Å². The standard InChI is InChI=1S/C16H23N3/c1-11-7-12(2)16-13(10-19(4)14(16)8-11)15-9-17-5-6-18(15)3/h7-8,10,15,17H,5-6,9H2,1-4H3. The first-order valence-corrected chi connectivity index (χ1v) is 7.05. The highest BCUT2D eigenvalue weighted by molar-refractivity contribution is 5.88. The molecule has 0 spiro atoms. The van der Waals surface area contributed by atoms with Gasteiger partial charge in [0.25, 0.3) is 0 Å². The molecular formula is C16H23N3. The largest absolute Gasteiger partial charge is 0.350 e. The van der Waals surface area contributed by atoms with Crippen LogP contribution in [0.5, 0.6) is 0 Å². The number of nitrogens with one attached hydrogen (secondary N) is 1. The van der Waals surface area contributed by atoms with Gasteiger partial charge in [-0.15, -0.1) is 0 Å². The molecule has 2 heterocycles. The van der Waals surface area contributed by atoms with Gasteiger partial charge in [0, 0.05) is 49.8 Å². The maximum absolute atomic E-state index is 3.52. The predicted octanol–water partition coefficient (Wildman–Crippen LogP) is 2.37. The zero-order valence-corrected chi connectivity index (χ0v) is 12.3. The molecule has 1 atom stereocenters. The number of hydrogen-bond acceptors (Lipinski definition) is 2. The molecule has 1 aromatic carbocycles. The van der Waals surface area contributed by atoms with Gasteiger partial charge >= 0.3 is 0 Å². The van der Waals surface area contributed by atoms with Crippen LogP contribution in [-0.2, 0) is 7.05 Å². The SMILES string of the molecule is Cc1cc(C)c2c(C3CNCCN3C)cn(C)c2c1. The van der Waals surface area contributed by atoms with Crippen LogP contribution in [0.3, 0.4) is 0 Å². The molecule has 1 aliphatic rings. The number of hydrogen-bond donors (Lipinski definition) is 1. The predicted molar refractivity (Wildman–Crippen MR) is 80.6 cm³/mol. The third-order valence-electron chi connectivity index (χ3n) is 4.33. The number of fused-ring (bicyclic) bond motifs is 1. The van der Waals surface area contributed by atoms with Crippen LogP contribution in [-0.4, -0.2) is 36.1 Å². The molecule has 0 saturated carbocycles. The minimum absolute atomic E-state index is 0.485. The molecular weight excluding hydrogens is 234 g/mol. The molecule has 1 fully saturated rings. The van der Waals surface area contributed by atoms with Crippen molar-refractivity contribution in [1.82, 2.24) is 14.8 Å². The molecule has 1 N–H and O–H groups in total. The maximum Gasteiger partial charge on any atom is 0.0491 e. The Bertz CT molecular complexity index is 612. The quantitative estimate of drug-likeness (QED) is 0.846. The highest BCUT2D eigenvalue weighted by Crippen LogP contribution is 2.32. The Kier molecular flexibility index (Phi) is 3.11. The van der Waals surface area contributed by atoms with Crippen LogP contribution in [0.2, 0.25) is 0 Å². The van der Waals surface area contributed by atoms with E-state index in [0.717, 1.165) is 19.6 Å². The first-order valence-electron chi connectivity index (χ1n) is 7.05. The summed E-state index contributed by atoms with van der Waals surface area (Å²) in [6.07, 6.45) is 2.31. The van der Waals surface area contributed by atoms with Crippen LogP contribution in [0.25, 0.3) is 10.9 Å². The normalized spacial score (nSPS) is 21.2. The minimum Gasteiger partial charge on any atom is -0.350 e. The second-order valence-corrected chi connectivity index (χ2v) is 5.87. The van der Waals surface area contributed by atoms with Crippen LogP contribution in [0.4, 0.5) is 0 Å². The van der Waals surface area contributed by atoms with Crippen molar-refractivity contribution in [3.63, 3.8) is 0 Å². The first kappa shape index (κ1) is 12.7. The van der Waals surface area contributed by atoms with Gasteiger partial charge in [-0.3, -0.25) is 4.90 Å². The van der Waals surface area contributed by atoms with Gasteiger partial charge in [0.15, 0.2) is 0 Å². The monoisotopic (exact) mass is 257 g/mol. The van der Waals surface area contributed by atoms with Crippen molar-refractivity contribution in [2.45, 2.75) is 19.9 Å². The molecule has 0 radical (unpaired) electrons. The fourth-order valence-corrected chi connectivity index (χ4v) is 3.35. The van der Waals surface area contributed by atoms with E-state index in [2.05, 4.69) is 61.1 Å². The summed E-state index contributed by atoms with van der Waals surface area (Å²) >= 11 is 0. The van der Waals surface area contributed by atoms with E-state index in [4.69, 9.17) is 0 Å². The van der Waals surface area contributed by atoms with Crippen molar-refractivity contribution in [3.8, 4) is 0 Å². The average molecular weight is 257 g/mol. The van der Waals surface area contributed by atoms with Gasteiger partial charge in [-0.2, -0.15) is 0 Å². The van der Waals surface area contributed by atoms with E-state index in [1.54, 1.807) is 0 Å². The first-order chi connectivity index (χ1) is 9.08. The molecule has 3 nitrogen and oxygen atoms in total. The topological polar surface area (TPSA) is 20.2 Å². The Hall–Kier alpha value is -1.32. The number of benzene rings is 1. The summed E-state index contributed by atoms with van der Waals surface area (Å²) < 4.78 is 2.27. The van der Waals surface area contributed by atoms with Crippen LogP contribution in [0.1, 0.15) is 22.7 Å². The van der Waals surface area contributed by atoms with E-state index in [-0.39, 0.29) is 0 Å². The second kappa shape index (κ2) is 4.66. The van der Waals surface area contributed by atoms with Gasteiger partial charge in [0.1, 0.15) is 0 Å². The molecule has 1 unspecified atom stereocenters. The summed E-state index contributed by atoms with van der Waals surface area (Å²) in [7, 11) is 4.38. The number of likely N-dealkylation sites (N-methyl/N-ethyl adjacent to an activating group) is 1. The smallest absolute Gasteiger partial charge is 0.0491 e. The molecule has 1 aliphatic heterocycles. The van der Waals surface area contributed by atoms with Gasteiger partial charge in [-0.25, -0.2) is 0 Å². The number of nitrogens with zero attached hydrogens (tertiary/aromatic N) is 2. The minimum atomic E-state index is 0.485. The van der Waals surface area contributed by atoms with Crippen LogP contribution >= 0.6 is 0 Å². The van der Waals surface area contributed by atoms with Gasteiger partial charge in [0.2, 0.25) is 0 Å². The Morgan fingerprint density at radius 2 is 2.00 bits per heavy atom. The molecule has 0 aliphatic carbocycles. The lowest BCUT2D eigenvalue weighted by molar-refractivity contribution is 0.203. The molecule has 0 bridgehead atoms. The Morgan fingerprint density at radius 3 is 2.74 bits per heavy atom. The summed E-state index contributed by atoms with van der Waals surface area (Å²) in [6, 6.07) is 5.07. The highest BCUT2D eigenvalue weighted by atomic mass is 15.2. The van der Waals surface area contributed by atoms with Crippen molar-refractivity contribution in [2.75, 3.05) is 26.7 Å². The van der Waals surface area contributed by atoms with Crippen molar-refractivity contribution >= 4 is 10.9 Å². The van der Waals surface area contributed by atoms with E-state index in [1.807, 2.05) is 0 Å². The molecule has 19 heavy (non-hydrogen) atoms. The number of aryl methyl sites for hydroxylation is 3. The highest BCUT2D eigenvalue weighted by Gasteiger charge is 2.24.